The topological polar surface area (TPSA) is 66.5 Å². The van der Waals surface area contributed by atoms with Gasteiger partial charge in [-0.05, 0) is 30.5 Å². The number of benzene rings is 1. The van der Waals surface area contributed by atoms with Crippen molar-refractivity contribution in [2.75, 3.05) is 13.1 Å². The standard InChI is InChI=1S/C20H26N2O3/c23-18-10-12-22(13-11-18)20(25)17-8-6-15(7-9-17)14-21-19(24)16-4-2-1-3-5-16/h6-9,16H,1-5,10-14H2,(H,21,24). The second-order valence-corrected chi connectivity index (χ2v) is 7.08. The van der Waals surface area contributed by atoms with Crippen LogP contribution >= 0.6 is 0 Å². The number of ketones is 1. The molecule has 2 fully saturated rings. The van der Waals surface area contributed by atoms with Crippen molar-refractivity contribution in [1.82, 2.24) is 10.2 Å². The van der Waals surface area contributed by atoms with Gasteiger partial charge in [0.2, 0.25) is 5.91 Å². The number of piperidine rings is 1. The van der Waals surface area contributed by atoms with E-state index in [2.05, 4.69) is 5.32 Å². The highest BCUT2D eigenvalue weighted by molar-refractivity contribution is 5.95. The van der Waals surface area contributed by atoms with Gasteiger partial charge in [0.25, 0.3) is 5.91 Å². The maximum absolute atomic E-state index is 12.4. The number of nitrogens with one attached hydrogen (secondary N) is 1. The predicted molar refractivity (Wildman–Crippen MR) is 95.0 cm³/mol. The van der Waals surface area contributed by atoms with Crippen LogP contribution in [0.15, 0.2) is 24.3 Å². The van der Waals surface area contributed by atoms with Gasteiger partial charge in [-0.2, -0.15) is 0 Å². The molecule has 1 heterocycles. The van der Waals surface area contributed by atoms with E-state index >= 15 is 0 Å². The molecule has 25 heavy (non-hydrogen) atoms. The Kier molecular flexibility index (Phi) is 5.84. The van der Waals surface area contributed by atoms with Gasteiger partial charge in [0.05, 0.1) is 0 Å². The number of rotatable bonds is 4. The first-order valence-corrected chi connectivity index (χ1v) is 9.31. The minimum Gasteiger partial charge on any atom is -0.352 e. The summed E-state index contributed by atoms with van der Waals surface area (Å²) in [6, 6.07) is 7.40. The van der Waals surface area contributed by atoms with Crippen LogP contribution in [0.1, 0.15) is 60.9 Å². The maximum Gasteiger partial charge on any atom is 0.253 e. The molecule has 134 valence electrons. The summed E-state index contributed by atoms with van der Waals surface area (Å²) in [5, 5.41) is 3.01. The molecule has 1 aliphatic carbocycles. The molecule has 5 nitrogen and oxygen atoms in total. The molecule has 0 aromatic heterocycles. The third kappa shape index (κ3) is 4.68. The van der Waals surface area contributed by atoms with Gasteiger partial charge in [0.15, 0.2) is 0 Å². The van der Waals surface area contributed by atoms with E-state index < -0.39 is 0 Å². The van der Waals surface area contributed by atoms with Crippen LogP contribution in [0, 0.1) is 5.92 Å². The van der Waals surface area contributed by atoms with Crippen LogP contribution in [-0.4, -0.2) is 35.6 Å². The molecule has 0 radical (unpaired) electrons. The molecule has 1 saturated carbocycles. The summed E-state index contributed by atoms with van der Waals surface area (Å²) in [5.41, 5.74) is 1.63. The molecule has 5 heteroatoms. The molecule has 2 amide bonds. The van der Waals surface area contributed by atoms with Gasteiger partial charge < -0.3 is 10.2 Å². The Hall–Kier alpha value is -2.17. The monoisotopic (exact) mass is 342 g/mol. The Bertz CT molecular complexity index is 623. The number of carbonyl (C=O) groups excluding carboxylic acids is 3. The second kappa shape index (κ2) is 8.28. The number of hydrogen-bond donors (Lipinski definition) is 1. The number of amides is 2. The first-order valence-electron chi connectivity index (χ1n) is 9.31. The average Bonchev–Trinajstić information content (AvgIpc) is 2.67. The summed E-state index contributed by atoms with van der Waals surface area (Å²) < 4.78 is 0. The Morgan fingerprint density at radius 2 is 1.64 bits per heavy atom. The molecular formula is C20H26N2O3. The molecule has 0 spiro atoms. The van der Waals surface area contributed by atoms with Crippen LogP contribution in [0.4, 0.5) is 0 Å². The quantitative estimate of drug-likeness (QED) is 0.915. The van der Waals surface area contributed by atoms with Crippen molar-refractivity contribution >= 4 is 17.6 Å². The lowest BCUT2D eigenvalue weighted by atomic mass is 9.88. The summed E-state index contributed by atoms with van der Waals surface area (Å²) in [4.78, 5) is 37.6. The average molecular weight is 342 g/mol. The number of hydrogen-bond acceptors (Lipinski definition) is 3. The SMILES string of the molecule is O=C1CCN(C(=O)c2ccc(CNC(=O)C3CCCCC3)cc2)CC1. The van der Waals surface area contributed by atoms with E-state index in [0.29, 0.717) is 38.0 Å². The smallest absolute Gasteiger partial charge is 0.253 e. The minimum atomic E-state index is -0.0229. The highest BCUT2D eigenvalue weighted by Crippen LogP contribution is 2.23. The molecular weight excluding hydrogens is 316 g/mol. The third-order valence-electron chi connectivity index (χ3n) is 5.25. The van der Waals surface area contributed by atoms with E-state index in [1.165, 1.54) is 6.42 Å². The van der Waals surface area contributed by atoms with Gasteiger partial charge in [-0.15, -0.1) is 0 Å². The van der Waals surface area contributed by atoms with Crippen LogP contribution in [0.5, 0.6) is 0 Å². The van der Waals surface area contributed by atoms with Crippen LogP contribution < -0.4 is 5.32 Å². The highest BCUT2D eigenvalue weighted by Gasteiger charge is 2.22. The predicted octanol–water partition coefficient (Wildman–Crippen LogP) is 2.69. The molecule has 0 bridgehead atoms. The third-order valence-corrected chi connectivity index (χ3v) is 5.25. The molecule has 1 aliphatic heterocycles. The van der Waals surface area contributed by atoms with Crippen molar-refractivity contribution in [1.29, 1.82) is 0 Å². The molecule has 1 N–H and O–H groups in total. The molecule has 1 saturated heterocycles. The minimum absolute atomic E-state index is 0.0229. The highest BCUT2D eigenvalue weighted by atomic mass is 16.2. The second-order valence-electron chi connectivity index (χ2n) is 7.08. The van der Waals surface area contributed by atoms with Gasteiger partial charge in [-0.1, -0.05) is 31.4 Å². The van der Waals surface area contributed by atoms with Gasteiger partial charge in [-0.3, -0.25) is 14.4 Å². The normalized spacial score (nSPS) is 18.9. The largest absolute Gasteiger partial charge is 0.352 e. The maximum atomic E-state index is 12.4. The molecule has 2 aliphatic rings. The van der Waals surface area contributed by atoms with Crippen molar-refractivity contribution < 1.29 is 14.4 Å². The lowest BCUT2D eigenvalue weighted by Crippen LogP contribution is -2.38. The van der Waals surface area contributed by atoms with Crippen molar-refractivity contribution in [2.45, 2.75) is 51.5 Å². The van der Waals surface area contributed by atoms with E-state index in [9.17, 15) is 14.4 Å². The Morgan fingerprint density at radius 3 is 2.28 bits per heavy atom. The van der Waals surface area contributed by atoms with Crippen LogP contribution in [0.3, 0.4) is 0 Å². The summed E-state index contributed by atoms with van der Waals surface area (Å²) in [5.74, 6) is 0.521. The Balaban J connectivity index is 1.50. The molecule has 0 atom stereocenters. The van der Waals surface area contributed by atoms with Crippen molar-refractivity contribution in [3.8, 4) is 0 Å². The zero-order valence-electron chi connectivity index (χ0n) is 14.6. The van der Waals surface area contributed by atoms with Crippen LogP contribution in [0.25, 0.3) is 0 Å². The summed E-state index contributed by atoms with van der Waals surface area (Å²) in [6.07, 6.45) is 6.45. The number of carbonyl (C=O) groups is 3. The number of nitrogens with zero attached hydrogens (tertiary/aromatic N) is 1. The van der Waals surface area contributed by atoms with E-state index in [0.717, 1.165) is 31.2 Å². The molecule has 1 aromatic carbocycles. The Labute approximate surface area is 148 Å². The summed E-state index contributed by atoms with van der Waals surface area (Å²) >= 11 is 0. The first kappa shape index (κ1) is 17.6. The summed E-state index contributed by atoms with van der Waals surface area (Å²) in [7, 11) is 0. The lowest BCUT2D eigenvalue weighted by molar-refractivity contribution is -0.126. The summed E-state index contributed by atoms with van der Waals surface area (Å²) in [6.45, 7) is 1.52. The van der Waals surface area contributed by atoms with Gasteiger partial charge in [0.1, 0.15) is 5.78 Å². The first-order chi connectivity index (χ1) is 12.1. The molecule has 1 aromatic rings. The number of likely N-dealkylation sites (tertiary alicyclic amines) is 1. The zero-order chi connectivity index (χ0) is 17.6. The Morgan fingerprint density at radius 1 is 1.00 bits per heavy atom. The van der Waals surface area contributed by atoms with Gasteiger partial charge >= 0.3 is 0 Å². The van der Waals surface area contributed by atoms with E-state index in [1.807, 2.05) is 12.1 Å². The van der Waals surface area contributed by atoms with Crippen molar-refractivity contribution in [3.63, 3.8) is 0 Å². The number of Topliss-reactive ketones (excluding diaryl/α,β-unsaturated/α-hetero) is 1. The van der Waals surface area contributed by atoms with E-state index in [4.69, 9.17) is 0 Å². The van der Waals surface area contributed by atoms with Crippen LogP contribution in [-0.2, 0) is 16.1 Å². The van der Waals surface area contributed by atoms with Gasteiger partial charge in [-0.25, -0.2) is 0 Å². The van der Waals surface area contributed by atoms with Gasteiger partial charge in [0, 0.05) is 44.0 Å². The van der Waals surface area contributed by atoms with E-state index in [1.54, 1.807) is 17.0 Å². The molecule has 0 unspecified atom stereocenters. The van der Waals surface area contributed by atoms with Crippen LogP contribution in [0.2, 0.25) is 0 Å². The molecule has 3 rings (SSSR count). The fourth-order valence-electron chi connectivity index (χ4n) is 3.61. The van der Waals surface area contributed by atoms with Crippen molar-refractivity contribution in [3.05, 3.63) is 35.4 Å². The lowest BCUT2D eigenvalue weighted by Gasteiger charge is -2.26. The zero-order valence-corrected chi connectivity index (χ0v) is 14.6. The fraction of sp³-hybridized carbons (Fsp3) is 0.550. The fourth-order valence-corrected chi connectivity index (χ4v) is 3.61. The van der Waals surface area contributed by atoms with Crippen molar-refractivity contribution in [2.24, 2.45) is 5.92 Å². The van der Waals surface area contributed by atoms with E-state index in [-0.39, 0.29) is 23.5 Å².